The first-order valence-corrected chi connectivity index (χ1v) is 14.3. The number of esters is 1. The van der Waals surface area contributed by atoms with E-state index in [1.165, 1.54) is 13.4 Å². The maximum atomic E-state index is 12.8. The Morgan fingerprint density at radius 3 is 2.60 bits per heavy atom. The number of carbonyl (C=O) groups excluding carboxylic acids is 2. The average molecular weight is 591 g/mol. The van der Waals surface area contributed by atoms with Crippen LogP contribution in [-0.2, 0) is 16.0 Å². The predicted octanol–water partition coefficient (Wildman–Crippen LogP) is 3.98. The maximum absolute atomic E-state index is 12.8. The molecule has 0 spiro atoms. The molecular weight excluding hydrogens is 552 g/mol. The molecule has 0 radical (unpaired) electrons. The van der Waals surface area contributed by atoms with Gasteiger partial charge in [-0.25, -0.2) is 19.1 Å². The molecule has 1 saturated heterocycles. The number of amides is 1. The molecule has 4 aromatic rings. The van der Waals surface area contributed by atoms with Gasteiger partial charge in [0.15, 0.2) is 5.82 Å². The SMILES string of the molecule is COC(=O)c1cn2ncnc(Nc3cccc(-c4nnn(C(C)C)n4)c3)c2c1CN1CCC(NC(=O)OC(C)(C)C)CC1. The predicted molar refractivity (Wildman–Crippen MR) is 159 cm³/mol. The summed E-state index contributed by atoms with van der Waals surface area (Å²) in [6.45, 7) is 11.4. The van der Waals surface area contributed by atoms with E-state index in [0.717, 1.165) is 42.7 Å². The Kier molecular flexibility index (Phi) is 8.57. The third kappa shape index (κ3) is 7.08. The molecule has 5 rings (SSSR count). The molecule has 1 aliphatic rings. The third-order valence-corrected chi connectivity index (χ3v) is 7.05. The van der Waals surface area contributed by atoms with E-state index < -0.39 is 17.7 Å². The van der Waals surface area contributed by atoms with Crippen LogP contribution in [0.5, 0.6) is 0 Å². The summed E-state index contributed by atoms with van der Waals surface area (Å²) in [4.78, 5) is 33.4. The summed E-state index contributed by atoms with van der Waals surface area (Å²) in [6, 6.07) is 7.78. The number of nitrogens with zero attached hydrogens (tertiary/aromatic N) is 8. The lowest BCUT2D eigenvalue weighted by Crippen LogP contribution is -2.45. The van der Waals surface area contributed by atoms with Crippen LogP contribution in [0.1, 0.15) is 69.4 Å². The summed E-state index contributed by atoms with van der Waals surface area (Å²) in [5.74, 6) is 0.609. The number of carbonyl (C=O) groups is 2. The van der Waals surface area contributed by atoms with E-state index in [1.54, 1.807) is 15.5 Å². The molecule has 1 fully saturated rings. The van der Waals surface area contributed by atoms with Crippen LogP contribution >= 0.6 is 0 Å². The van der Waals surface area contributed by atoms with Gasteiger partial charge in [-0.1, -0.05) is 12.1 Å². The van der Waals surface area contributed by atoms with Gasteiger partial charge in [0.05, 0.1) is 18.7 Å². The van der Waals surface area contributed by atoms with Crippen molar-refractivity contribution in [1.29, 1.82) is 0 Å². The summed E-state index contributed by atoms with van der Waals surface area (Å²) >= 11 is 0. The smallest absolute Gasteiger partial charge is 0.407 e. The summed E-state index contributed by atoms with van der Waals surface area (Å²) in [6.07, 6.45) is 4.21. The van der Waals surface area contributed by atoms with Gasteiger partial charge in [0.25, 0.3) is 0 Å². The highest BCUT2D eigenvalue weighted by Crippen LogP contribution is 2.30. The summed E-state index contributed by atoms with van der Waals surface area (Å²) < 4.78 is 12.2. The number of alkyl carbamates (subject to hydrolysis) is 1. The quantitative estimate of drug-likeness (QED) is 0.286. The first-order chi connectivity index (χ1) is 20.5. The largest absolute Gasteiger partial charge is 0.465 e. The lowest BCUT2D eigenvalue weighted by atomic mass is 10.0. The van der Waals surface area contributed by atoms with E-state index in [-0.39, 0.29) is 12.1 Å². The van der Waals surface area contributed by atoms with Crippen LogP contribution in [0.4, 0.5) is 16.3 Å². The number of methoxy groups -OCH3 is 1. The number of ether oxygens (including phenoxy) is 2. The van der Waals surface area contributed by atoms with Gasteiger partial charge in [-0.05, 0) is 64.8 Å². The number of rotatable bonds is 8. The molecule has 1 aliphatic heterocycles. The monoisotopic (exact) mass is 590 g/mol. The van der Waals surface area contributed by atoms with Gasteiger partial charge in [0, 0.05) is 48.7 Å². The van der Waals surface area contributed by atoms with Crippen molar-refractivity contribution in [2.75, 3.05) is 25.5 Å². The first-order valence-electron chi connectivity index (χ1n) is 14.3. The Hall–Kier alpha value is -4.59. The van der Waals surface area contributed by atoms with Crippen LogP contribution in [-0.4, -0.2) is 83.6 Å². The molecule has 2 N–H and O–H groups in total. The van der Waals surface area contributed by atoms with Crippen LogP contribution in [0.3, 0.4) is 0 Å². The van der Waals surface area contributed by atoms with Crippen LogP contribution in [0, 0.1) is 0 Å². The minimum Gasteiger partial charge on any atom is -0.465 e. The van der Waals surface area contributed by atoms with Crippen molar-refractivity contribution in [3.8, 4) is 11.4 Å². The van der Waals surface area contributed by atoms with Crippen molar-refractivity contribution >= 4 is 29.1 Å². The fraction of sp³-hybridized carbons (Fsp3) is 0.483. The average Bonchev–Trinajstić information content (AvgIpc) is 3.59. The number of hydrogen-bond acceptors (Lipinski definition) is 11. The molecule has 14 nitrogen and oxygen atoms in total. The second kappa shape index (κ2) is 12.3. The van der Waals surface area contributed by atoms with Crippen LogP contribution in [0.2, 0.25) is 0 Å². The molecule has 0 aliphatic carbocycles. The molecule has 0 bridgehead atoms. The molecule has 1 amide bonds. The van der Waals surface area contributed by atoms with E-state index in [9.17, 15) is 9.59 Å². The van der Waals surface area contributed by atoms with Gasteiger partial charge in [-0.15, -0.1) is 10.2 Å². The summed E-state index contributed by atoms with van der Waals surface area (Å²) in [7, 11) is 1.36. The zero-order valence-electron chi connectivity index (χ0n) is 25.4. The Morgan fingerprint density at radius 2 is 1.93 bits per heavy atom. The van der Waals surface area contributed by atoms with Gasteiger partial charge in [0.1, 0.15) is 17.4 Å². The molecular formula is C29H38N10O4. The van der Waals surface area contributed by atoms with Crippen molar-refractivity contribution in [2.24, 2.45) is 0 Å². The summed E-state index contributed by atoms with van der Waals surface area (Å²) in [5, 5.41) is 23.5. The number of likely N-dealkylation sites (tertiary alicyclic amines) is 1. The van der Waals surface area contributed by atoms with E-state index in [4.69, 9.17) is 9.47 Å². The van der Waals surface area contributed by atoms with E-state index in [0.29, 0.717) is 29.3 Å². The van der Waals surface area contributed by atoms with Gasteiger partial charge in [-0.2, -0.15) is 9.90 Å². The van der Waals surface area contributed by atoms with E-state index in [1.807, 2.05) is 58.9 Å². The Morgan fingerprint density at radius 1 is 1.16 bits per heavy atom. The Balaban J connectivity index is 1.38. The Bertz CT molecular complexity index is 1600. The molecule has 4 heterocycles. The zero-order valence-corrected chi connectivity index (χ0v) is 25.4. The topological polar surface area (TPSA) is 154 Å². The van der Waals surface area contributed by atoms with E-state index >= 15 is 0 Å². The molecule has 228 valence electrons. The molecule has 43 heavy (non-hydrogen) atoms. The number of hydrogen-bond donors (Lipinski definition) is 2. The highest BCUT2D eigenvalue weighted by Gasteiger charge is 2.27. The molecule has 0 atom stereocenters. The lowest BCUT2D eigenvalue weighted by Gasteiger charge is -2.33. The Labute approximate surface area is 249 Å². The van der Waals surface area contributed by atoms with Gasteiger partial charge in [-0.3, -0.25) is 4.90 Å². The molecule has 0 saturated carbocycles. The lowest BCUT2D eigenvalue weighted by molar-refractivity contribution is 0.0475. The number of aromatic nitrogens is 7. The van der Waals surface area contributed by atoms with Gasteiger partial charge < -0.3 is 20.1 Å². The molecule has 1 aromatic carbocycles. The fourth-order valence-corrected chi connectivity index (χ4v) is 4.98. The standard InChI is InChI=1S/C29H38N10O4/c1-18(2)39-35-25(34-36-39)19-8-7-9-21(14-19)32-26-24-22(23(27(40)42-6)16-38(24)31-17-30-26)15-37-12-10-20(11-13-37)33-28(41)43-29(3,4)5/h7-9,14,16-18,20H,10-13,15H2,1-6H3,(H,33,41)(H,30,31,32). The van der Waals surface area contributed by atoms with Crippen LogP contribution < -0.4 is 10.6 Å². The van der Waals surface area contributed by atoms with Crippen molar-refractivity contribution in [2.45, 2.75) is 71.7 Å². The summed E-state index contributed by atoms with van der Waals surface area (Å²) in [5.41, 5.74) is 2.86. The van der Waals surface area contributed by atoms with Gasteiger partial charge >= 0.3 is 12.1 Å². The minimum atomic E-state index is -0.550. The van der Waals surface area contributed by atoms with Crippen LogP contribution in [0.15, 0.2) is 36.8 Å². The van der Waals surface area contributed by atoms with Crippen LogP contribution in [0.25, 0.3) is 16.9 Å². The van der Waals surface area contributed by atoms with Crippen molar-refractivity contribution < 1.29 is 19.1 Å². The second-order valence-corrected chi connectivity index (χ2v) is 11.8. The third-order valence-electron chi connectivity index (χ3n) is 7.05. The van der Waals surface area contributed by atoms with Gasteiger partial charge in [0.2, 0.25) is 5.82 Å². The highest BCUT2D eigenvalue weighted by atomic mass is 16.6. The normalized spacial score (nSPS) is 14.7. The second-order valence-electron chi connectivity index (χ2n) is 11.8. The number of fused-ring (bicyclic) bond motifs is 1. The minimum absolute atomic E-state index is 0.0152. The number of anilines is 2. The first kappa shape index (κ1) is 29.9. The van der Waals surface area contributed by atoms with E-state index in [2.05, 4.69) is 41.0 Å². The number of nitrogens with one attached hydrogen (secondary N) is 2. The molecule has 3 aromatic heterocycles. The van der Waals surface area contributed by atoms with Crippen molar-refractivity contribution in [1.82, 2.24) is 45.0 Å². The fourth-order valence-electron chi connectivity index (χ4n) is 4.98. The van der Waals surface area contributed by atoms with Crippen molar-refractivity contribution in [3.63, 3.8) is 0 Å². The zero-order chi connectivity index (χ0) is 30.7. The maximum Gasteiger partial charge on any atom is 0.407 e. The molecule has 14 heteroatoms. The number of benzene rings is 1. The number of piperidine rings is 1. The van der Waals surface area contributed by atoms with Crippen molar-refractivity contribution in [3.05, 3.63) is 47.9 Å². The number of tetrazole rings is 1. The highest BCUT2D eigenvalue weighted by molar-refractivity contribution is 5.95. The molecule has 0 unspecified atom stereocenters.